The molecule has 0 aromatic heterocycles. The molecule has 1 aliphatic heterocycles. The molecule has 1 aliphatic rings. The number of fused-ring (bicyclic) bond motifs is 1. The molecule has 1 heterocycles. The van der Waals surface area contributed by atoms with Gasteiger partial charge in [-0.1, -0.05) is 13.8 Å². The van der Waals surface area contributed by atoms with Crippen LogP contribution in [0.25, 0.3) is 0 Å². The topological polar surface area (TPSA) is 62.2 Å². The molecular weight excluding hydrogens is 206 g/mol. The average Bonchev–Trinajstić information content (AvgIpc) is 2.41. The zero-order valence-electron chi connectivity index (χ0n) is 8.74. The van der Waals surface area contributed by atoms with E-state index in [2.05, 4.69) is 18.8 Å². The number of nitrogens with one attached hydrogen (secondary N) is 1. The molecule has 0 fully saturated rings. The highest BCUT2D eigenvalue weighted by Crippen LogP contribution is 2.27. The zero-order chi connectivity index (χ0) is 11.0. The number of nitrogens with zero attached hydrogens (tertiary/aromatic N) is 1. The van der Waals surface area contributed by atoms with Crippen molar-refractivity contribution in [2.24, 2.45) is 10.7 Å². The van der Waals surface area contributed by atoms with Gasteiger partial charge in [-0.2, -0.15) is 0 Å². The maximum absolute atomic E-state index is 7.66. The molecule has 0 aliphatic carbocycles. The molecule has 15 heavy (non-hydrogen) atoms. The van der Waals surface area contributed by atoms with Crippen LogP contribution in [0.3, 0.4) is 0 Å². The molecule has 0 unspecified atom stereocenters. The van der Waals surface area contributed by atoms with E-state index in [0.29, 0.717) is 11.1 Å². The van der Waals surface area contributed by atoms with Gasteiger partial charge in [-0.3, -0.25) is 5.41 Å². The van der Waals surface area contributed by atoms with E-state index >= 15 is 0 Å². The van der Waals surface area contributed by atoms with Gasteiger partial charge in [-0.15, -0.1) is 11.8 Å². The van der Waals surface area contributed by atoms with Gasteiger partial charge in [-0.05, 0) is 18.2 Å². The van der Waals surface area contributed by atoms with Gasteiger partial charge in [0.1, 0.15) is 5.84 Å². The fourth-order valence-electron chi connectivity index (χ4n) is 1.53. The summed E-state index contributed by atoms with van der Waals surface area (Å²) >= 11 is 1.78. The second-order valence-electron chi connectivity index (χ2n) is 3.72. The van der Waals surface area contributed by atoms with E-state index in [4.69, 9.17) is 11.1 Å². The van der Waals surface area contributed by atoms with Crippen LogP contribution in [-0.2, 0) is 0 Å². The van der Waals surface area contributed by atoms with Crippen molar-refractivity contribution < 1.29 is 0 Å². The third-order valence-corrected chi connectivity index (χ3v) is 3.12. The Morgan fingerprint density at radius 3 is 2.73 bits per heavy atom. The van der Waals surface area contributed by atoms with Crippen LogP contribution in [0.15, 0.2) is 28.1 Å². The molecular formula is C11H13N3S. The maximum Gasteiger partial charge on any atom is 0.154 e. The molecule has 1 aromatic rings. The normalized spacial score (nSPS) is 14.3. The van der Waals surface area contributed by atoms with Crippen molar-refractivity contribution in [1.29, 1.82) is 5.41 Å². The maximum atomic E-state index is 7.66. The van der Waals surface area contributed by atoms with Crippen LogP contribution in [0.2, 0.25) is 0 Å². The fourth-order valence-corrected chi connectivity index (χ4v) is 2.41. The number of hydrogen-bond acceptors (Lipinski definition) is 3. The highest BCUT2D eigenvalue weighted by Gasteiger charge is 2.18. The molecule has 1 aromatic carbocycles. The van der Waals surface area contributed by atoms with Crippen LogP contribution < -0.4 is 5.73 Å². The minimum atomic E-state index is 0.272. The van der Waals surface area contributed by atoms with Gasteiger partial charge in [0.15, 0.2) is 5.84 Å². The Balaban J connectivity index is 2.38. The summed E-state index contributed by atoms with van der Waals surface area (Å²) in [5.74, 6) is 0.727. The summed E-state index contributed by atoms with van der Waals surface area (Å²) in [5.41, 5.74) is 7.42. The molecule has 78 valence electrons. The summed E-state index contributed by atoms with van der Waals surface area (Å²) in [6, 6.07) is 5.97. The first kappa shape index (κ1) is 10.2. The average molecular weight is 219 g/mol. The van der Waals surface area contributed by atoms with Crippen molar-refractivity contribution in [1.82, 2.24) is 0 Å². The van der Waals surface area contributed by atoms with Crippen LogP contribution in [0, 0.1) is 5.41 Å². The van der Waals surface area contributed by atoms with Crippen LogP contribution in [-0.4, -0.2) is 16.9 Å². The lowest BCUT2D eigenvalue weighted by Crippen LogP contribution is -2.10. The smallest absolute Gasteiger partial charge is 0.154 e. The van der Waals surface area contributed by atoms with Gasteiger partial charge < -0.3 is 5.73 Å². The van der Waals surface area contributed by atoms with Crippen molar-refractivity contribution in [2.75, 3.05) is 0 Å². The summed E-state index contributed by atoms with van der Waals surface area (Å²) < 4.78 is 0. The van der Waals surface area contributed by atoms with E-state index in [9.17, 15) is 0 Å². The highest BCUT2D eigenvalue weighted by atomic mass is 32.2. The molecule has 0 saturated carbocycles. The Kier molecular flexibility index (Phi) is 2.52. The minimum Gasteiger partial charge on any atom is -0.383 e. The Labute approximate surface area is 93.3 Å². The Hall–Kier alpha value is -1.29. The van der Waals surface area contributed by atoms with Crippen molar-refractivity contribution in [3.63, 3.8) is 0 Å². The lowest BCUT2D eigenvalue weighted by Gasteiger charge is -2.06. The molecule has 0 saturated heterocycles. The summed E-state index contributed by atoms with van der Waals surface area (Å²) in [5, 5.41) is 8.20. The summed E-state index contributed by atoms with van der Waals surface area (Å²) in [6.07, 6.45) is 0. The lowest BCUT2D eigenvalue weighted by molar-refractivity contribution is 1.11. The predicted molar refractivity (Wildman–Crippen MR) is 65.0 cm³/mol. The van der Waals surface area contributed by atoms with Crippen LogP contribution >= 0.6 is 11.8 Å². The Morgan fingerprint density at radius 2 is 2.07 bits per heavy atom. The number of hydrogen-bond donors (Lipinski definition) is 2. The van der Waals surface area contributed by atoms with E-state index in [0.717, 1.165) is 11.1 Å². The fraction of sp³-hybridized carbons (Fsp3) is 0.273. The first-order chi connectivity index (χ1) is 7.08. The molecule has 4 heteroatoms. The monoisotopic (exact) mass is 219 g/mol. The summed E-state index contributed by atoms with van der Waals surface area (Å²) in [7, 11) is 0. The third-order valence-electron chi connectivity index (χ3n) is 2.13. The lowest BCUT2D eigenvalue weighted by atomic mass is 10.1. The second-order valence-corrected chi connectivity index (χ2v) is 5.37. The molecule has 0 radical (unpaired) electrons. The molecule has 0 spiro atoms. The summed E-state index contributed by atoms with van der Waals surface area (Å²) in [6.45, 7) is 4.29. The molecule has 0 atom stereocenters. The van der Waals surface area contributed by atoms with Crippen LogP contribution in [0.5, 0.6) is 0 Å². The van der Waals surface area contributed by atoms with E-state index in [1.807, 2.05) is 18.2 Å². The standard InChI is InChI=1S/C11H13N3S/c1-6(2)15-7-3-4-8-9(5-7)11(13)14-10(8)12/h3-6H,1-2H3,(H3,12,13,14). The van der Waals surface area contributed by atoms with E-state index < -0.39 is 0 Å². The number of thioether (sulfide) groups is 1. The van der Waals surface area contributed by atoms with Crippen molar-refractivity contribution in [3.8, 4) is 0 Å². The van der Waals surface area contributed by atoms with Crippen LogP contribution in [0.1, 0.15) is 25.0 Å². The SMILES string of the molecule is CC(C)Sc1ccc2c(c1)C(=N)N=C2N. The van der Waals surface area contributed by atoms with Gasteiger partial charge in [0.2, 0.25) is 0 Å². The van der Waals surface area contributed by atoms with Gasteiger partial charge in [0.05, 0.1) is 0 Å². The zero-order valence-corrected chi connectivity index (χ0v) is 9.56. The van der Waals surface area contributed by atoms with E-state index in [-0.39, 0.29) is 5.84 Å². The van der Waals surface area contributed by atoms with Gasteiger partial charge in [0.25, 0.3) is 0 Å². The minimum absolute atomic E-state index is 0.272. The molecule has 3 nitrogen and oxygen atoms in total. The largest absolute Gasteiger partial charge is 0.383 e. The number of amidine groups is 2. The first-order valence-electron chi connectivity index (χ1n) is 4.82. The van der Waals surface area contributed by atoms with Crippen molar-refractivity contribution in [3.05, 3.63) is 29.3 Å². The molecule has 2 rings (SSSR count). The highest BCUT2D eigenvalue weighted by molar-refractivity contribution is 7.99. The van der Waals surface area contributed by atoms with Gasteiger partial charge >= 0.3 is 0 Å². The number of benzene rings is 1. The predicted octanol–water partition coefficient (Wildman–Crippen LogP) is 2.23. The Morgan fingerprint density at radius 1 is 1.33 bits per heavy atom. The van der Waals surface area contributed by atoms with E-state index in [1.54, 1.807) is 11.8 Å². The second kappa shape index (κ2) is 3.70. The quantitative estimate of drug-likeness (QED) is 0.749. The number of rotatable bonds is 2. The third kappa shape index (κ3) is 1.90. The molecule has 0 bridgehead atoms. The Bertz CT molecular complexity index is 449. The number of aliphatic imine (C=N–C) groups is 1. The van der Waals surface area contributed by atoms with Gasteiger partial charge in [-0.25, -0.2) is 4.99 Å². The van der Waals surface area contributed by atoms with E-state index in [1.165, 1.54) is 4.90 Å². The van der Waals surface area contributed by atoms with Gasteiger partial charge in [0, 0.05) is 21.3 Å². The number of nitrogens with two attached hydrogens (primary N) is 1. The van der Waals surface area contributed by atoms with Crippen molar-refractivity contribution in [2.45, 2.75) is 24.0 Å². The van der Waals surface area contributed by atoms with Crippen molar-refractivity contribution >= 4 is 23.4 Å². The molecule has 3 N–H and O–H groups in total. The van der Waals surface area contributed by atoms with Crippen LogP contribution in [0.4, 0.5) is 0 Å². The summed E-state index contributed by atoms with van der Waals surface area (Å²) in [4.78, 5) is 5.11. The molecule has 0 amide bonds. The first-order valence-corrected chi connectivity index (χ1v) is 5.70.